The monoisotopic (exact) mass is 279 g/mol. The summed E-state index contributed by atoms with van der Waals surface area (Å²) in [6.45, 7) is 2.49. The summed E-state index contributed by atoms with van der Waals surface area (Å²) >= 11 is 1.78. The van der Waals surface area contributed by atoms with Gasteiger partial charge in [0.2, 0.25) is 5.82 Å². The first kappa shape index (κ1) is 14.0. The van der Waals surface area contributed by atoms with Crippen molar-refractivity contribution in [3.8, 4) is 11.4 Å². The lowest BCUT2D eigenvalue weighted by atomic mass is 10.2. The average molecular weight is 279 g/mol. The predicted molar refractivity (Wildman–Crippen MR) is 74.8 cm³/mol. The number of aromatic nitrogens is 2. The van der Waals surface area contributed by atoms with Crippen molar-refractivity contribution in [2.45, 2.75) is 24.3 Å². The topological polar surface area (TPSA) is 85.2 Å². The highest BCUT2D eigenvalue weighted by molar-refractivity contribution is 7.99. The summed E-state index contributed by atoms with van der Waals surface area (Å²) in [6, 6.07) is 7.94. The van der Waals surface area contributed by atoms with Gasteiger partial charge in [0.05, 0.1) is 0 Å². The molecule has 0 saturated heterocycles. The molecular formula is C13H17N3O2S. The van der Waals surface area contributed by atoms with Crippen molar-refractivity contribution in [2.24, 2.45) is 5.73 Å². The summed E-state index contributed by atoms with van der Waals surface area (Å²) in [5.41, 5.74) is 6.25. The van der Waals surface area contributed by atoms with Crippen LogP contribution in [0.25, 0.3) is 11.4 Å². The molecule has 1 aromatic heterocycles. The summed E-state index contributed by atoms with van der Waals surface area (Å²) in [5.74, 6) is 1.74. The molecule has 0 radical (unpaired) electrons. The molecule has 1 heterocycles. The summed E-state index contributed by atoms with van der Waals surface area (Å²) < 4.78 is 5.04. The Bertz CT molecular complexity index is 513. The van der Waals surface area contributed by atoms with Crippen molar-refractivity contribution >= 4 is 11.8 Å². The molecule has 0 bridgehead atoms. The zero-order valence-electron chi connectivity index (χ0n) is 10.7. The van der Waals surface area contributed by atoms with Crippen LogP contribution in [-0.2, 0) is 0 Å². The molecule has 1 aromatic carbocycles. The van der Waals surface area contributed by atoms with E-state index in [1.54, 1.807) is 11.8 Å². The summed E-state index contributed by atoms with van der Waals surface area (Å²) in [4.78, 5) is 5.39. The fraction of sp³-hybridized carbons (Fsp3) is 0.385. The van der Waals surface area contributed by atoms with Gasteiger partial charge in [-0.25, -0.2) is 0 Å². The minimum Gasteiger partial charge on any atom is -0.383 e. The second-order valence-corrected chi connectivity index (χ2v) is 5.34. The van der Waals surface area contributed by atoms with Crippen molar-refractivity contribution in [2.75, 3.05) is 12.3 Å². The van der Waals surface area contributed by atoms with E-state index in [1.165, 1.54) is 4.90 Å². The van der Waals surface area contributed by atoms with Crippen LogP contribution in [0.1, 0.15) is 25.3 Å². The molecule has 2 rings (SSSR count). The predicted octanol–water partition coefficient (Wildman–Crippen LogP) is 2.23. The van der Waals surface area contributed by atoms with Crippen LogP contribution < -0.4 is 5.73 Å². The van der Waals surface area contributed by atoms with Crippen LogP contribution in [0.5, 0.6) is 0 Å². The van der Waals surface area contributed by atoms with Gasteiger partial charge in [-0.05, 0) is 43.0 Å². The maximum Gasteiger partial charge on any atom is 0.255 e. The third-order valence-electron chi connectivity index (χ3n) is 2.59. The number of hydrogen-bond donors (Lipinski definition) is 2. The Kier molecular flexibility index (Phi) is 4.95. The molecule has 0 spiro atoms. The third kappa shape index (κ3) is 3.56. The smallest absolute Gasteiger partial charge is 0.255 e. The van der Waals surface area contributed by atoms with Gasteiger partial charge in [0.25, 0.3) is 5.89 Å². The highest BCUT2D eigenvalue weighted by Crippen LogP contribution is 2.23. The lowest BCUT2D eigenvalue weighted by molar-refractivity contribution is 0.127. The quantitative estimate of drug-likeness (QED) is 0.789. The van der Waals surface area contributed by atoms with Crippen molar-refractivity contribution in [3.05, 3.63) is 30.2 Å². The van der Waals surface area contributed by atoms with Gasteiger partial charge in [0.15, 0.2) is 0 Å². The van der Waals surface area contributed by atoms with Crippen molar-refractivity contribution < 1.29 is 9.63 Å². The Balaban J connectivity index is 2.13. The Morgan fingerprint density at radius 3 is 2.74 bits per heavy atom. The number of hydrogen-bond acceptors (Lipinski definition) is 6. The van der Waals surface area contributed by atoms with Crippen LogP contribution in [-0.4, -0.2) is 27.5 Å². The van der Waals surface area contributed by atoms with Gasteiger partial charge in [0, 0.05) is 10.5 Å². The number of thioether (sulfide) groups is 1. The molecule has 0 fully saturated rings. The molecule has 102 valence electrons. The highest BCUT2D eigenvalue weighted by Gasteiger charge is 2.16. The van der Waals surface area contributed by atoms with Crippen LogP contribution in [0.2, 0.25) is 0 Å². The number of aliphatic hydroxyl groups is 1. The maximum absolute atomic E-state index is 9.72. The average Bonchev–Trinajstić information content (AvgIpc) is 2.90. The molecule has 1 atom stereocenters. The standard InChI is InChI=1S/C13H17N3O2S/c1-2-19-10-5-3-9(4-6-10)12-15-13(18-16-12)11(17)7-8-14/h3-6,11,17H,2,7-8,14H2,1H3/t11-/m0/s1. The lowest BCUT2D eigenvalue weighted by Crippen LogP contribution is -2.06. The number of aliphatic hydroxyl groups excluding tert-OH is 1. The summed E-state index contributed by atoms with van der Waals surface area (Å²) in [5, 5.41) is 13.6. The van der Waals surface area contributed by atoms with Gasteiger partial charge in [0.1, 0.15) is 6.10 Å². The van der Waals surface area contributed by atoms with E-state index in [4.69, 9.17) is 10.3 Å². The van der Waals surface area contributed by atoms with E-state index in [-0.39, 0.29) is 5.89 Å². The fourth-order valence-corrected chi connectivity index (χ4v) is 2.30. The van der Waals surface area contributed by atoms with E-state index in [9.17, 15) is 5.11 Å². The van der Waals surface area contributed by atoms with Crippen LogP contribution in [0.4, 0.5) is 0 Å². The van der Waals surface area contributed by atoms with E-state index < -0.39 is 6.10 Å². The van der Waals surface area contributed by atoms with Crippen LogP contribution in [0.3, 0.4) is 0 Å². The summed E-state index contributed by atoms with van der Waals surface area (Å²) in [6.07, 6.45) is -0.380. The molecule has 3 N–H and O–H groups in total. The number of nitrogens with two attached hydrogens (primary N) is 1. The van der Waals surface area contributed by atoms with E-state index in [0.29, 0.717) is 18.8 Å². The minimum absolute atomic E-state index is 0.215. The van der Waals surface area contributed by atoms with Crippen molar-refractivity contribution in [1.82, 2.24) is 10.1 Å². The molecule has 0 amide bonds. The molecule has 0 saturated carbocycles. The normalized spacial score (nSPS) is 12.6. The SMILES string of the molecule is CCSc1ccc(-c2noc([C@@H](O)CCN)n2)cc1. The van der Waals surface area contributed by atoms with Gasteiger partial charge < -0.3 is 15.4 Å². The first-order valence-corrected chi connectivity index (χ1v) is 7.18. The van der Waals surface area contributed by atoms with Crippen LogP contribution >= 0.6 is 11.8 Å². The molecule has 19 heavy (non-hydrogen) atoms. The second kappa shape index (κ2) is 6.70. The Morgan fingerprint density at radius 2 is 2.11 bits per heavy atom. The molecule has 0 unspecified atom stereocenters. The first-order chi connectivity index (χ1) is 9.24. The zero-order chi connectivity index (χ0) is 13.7. The molecule has 0 aliphatic heterocycles. The Hall–Kier alpha value is -1.37. The molecular weight excluding hydrogens is 262 g/mol. The van der Waals surface area contributed by atoms with Gasteiger partial charge in [-0.1, -0.05) is 12.1 Å². The van der Waals surface area contributed by atoms with Gasteiger partial charge in [-0.2, -0.15) is 4.98 Å². The van der Waals surface area contributed by atoms with Gasteiger partial charge >= 0.3 is 0 Å². The zero-order valence-corrected chi connectivity index (χ0v) is 11.6. The highest BCUT2D eigenvalue weighted by atomic mass is 32.2. The van der Waals surface area contributed by atoms with Gasteiger partial charge in [-0.15, -0.1) is 11.8 Å². The second-order valence-electron chi connectivity index (χ2n) is 4.01. The maximum atomic E-state index is 9.72. The number of rotatable bonds is 6. The van der Waals surface area contributed by atoms with Gasteiger partial charge in [-0.3, -0.25) is 0 Å². The molecule has 6 heteroatoms. The lowest BCUT2D eigenvalue weighted by Gasteiger charge is -2.01. The Labute approximate surface area is 116 Å². The van der Waals surface area contributed by atoms with Crippen LogP contribution in [0, 0.1) is 0 Å². The molecule has 5 nitrogen and oxygen atoms in total. The minimum atomic E-state index is -0.791. The molecule has 0 aliphatic carbocycles. The van der Waals surface area contributed by atoms with E-state index in [1.807, 2.05) is 24.3 Å². The van der Waals surface area contributed by atoms with Crippen molar-refractivity contribution in [1.29, 1.82) is 0 Å². The van der Waals surface area contributed by atoms with Crippen LogP contribution in [0.15, 0.2) is 33.7 Å². The molecule has 0 aliphatic rings. The summed E-state index contributed by atoms with van der Waals surface area (Å²) in [7, 11) is 0. The number of nitrogens with zero attached hydrogens (tertiary/aromatic N) is 2. The Morgan fingerprint density at radius 1 is 1.37 bits per heavy atom. The first-order valence-electron chi connectivity index (χ1n) is 6.19. The van der Waals surface area contributed by atoms with E-state index in [2.05, 4.69) is 17.1 Å². The molecule has 2 aromatic rings. The van der Waals surface area contributed by atoms with E-state index in [0.717, 1.165) is 11.3 Å². The fourth-order valence-electron chi connectivity index (χ4n) is 1.64. The third-order valence-corrected chi connectivity index (χ3v) is 3.48. The van der Waals surface area contributed by atoms with E-state index >= 15 is 0 Å². The van der Waals surface area contributed by atoms with Crippen molar-refractivity contribution in [3.63, 3.8) is 0 Å². The number of benzene rings is 1. The largest absolute Gasteiger partial charge is 0.383 e.